The van der Waals surface area contributed by atoms with Crippen LogP contribution in [0.3, 0.4) is 0 Å². The van der Waals surface area contributed by atoms with Crippen LogP contribution in [0.2, 0.25) is 0 Å². The Labute approximate surface area is 118 Å². The third kappa shape index (κ3) is 2.29. The molecule has 3 aliphatic rings. The SMILES string of the molecule is COC(=O)C12CCC(Sc3ccccc3)(CC1)CC2. The third-order valence-corrected chi connectivity index (χ3v) is 6.43. The monoisotopic (exact) mass is 276 g/mol. The number of rotatable bonds is 3. The Kier molecular flexibility index (Phi) is 3.34. The molecule has 102 valence electrons. The van der Waals surface area contributed by atoms with E-state index in [2.05, 4.69) is 30.3 Å². The van der Waals surface area contributed by atoms with Crippen molar-refractivity contribution in [1.82, 2.24) is 0 Å². The fourth-order valence-corrected chi connectivity index (χ4v) is 4.97. The Morgan fingerprint density at radius 3 is 2.16 bits per heavy atom. The number of esters is 1. The Morgan fingerprint density at radius 2 is 1.63 bits per heavy atom. The van der Waals surface area contributed by atoms with E-state index in [0.29, 0.717) is 4.75 Å². The predicted molar refractivity (Wildman–Crippen MR) is 77.2 cm³/mol. The molecule has 3 fully saturated rings. The number of carbonyl (C=O) groups is 1. The van der Waals surface area contributed by atoms with Crippen molar-refractivity contribution in [3.8, 4) is 0 Å². The number of thioether (sulfide) groups is 1. The summed E-state index contributed by atoms with van der Waals surface area (Å²) in [6.45, 7) is 0. The average molecular weight is 276 g/mol. The maximum atomic E-state index is 12.0. The van der Waals surface area contributed by atoms with Crippen LogP contribution in [0.5, 0.6) is 0 Å². The van der Waals surface area contributed by atoms with Crippen molar-refractivity contribution >= 4 is 17.7 Å². The minimum absolute atomic E-state index is 0.0190. The summed E-state index contributed by atoms with van der Waals surface area (Å²) in [5, 5.41) is 0. The van der Waals surface area contributed by atoms with Gasteiger partial charge in [0.2, 0.25) is 0 Å². The first-order valence-electron chi connectivity index (χ1n) is 7.01. The molecule has 0 saturated heterocycles. The van der Waals surface area contributed by atoms with E-state index in [1.807, 2.05) is 11.8 Å². The average Bonchev–Trinajstić information content (AvgIpc) is 2.49. The van der Waals surface area contributed by atoms with Gasteiger partial charge < -0.3 is 4.74 Å². The lowest BCUT2D eigenvalue weighted by Gasteiger charge is -2.51. The van der Waals surface area contributed by atoms with Crippen molar-refractivity contribution in [3.05, 3.63) is 30.3 Å². The van der Waals surface area contributed by atoms with Crippen LogP contribution in [-0.4, -0.2) is 17.8 Å². The summed E-state index contributed by atoms with van der Waals surface area (Å²) in [6.07, 6.45) is 6.42. The molecular formula is C16H20O2S. The van der Waals surface area contributed by atoms with Gasteiger partial charge in [0.1, 0.15) is 0 Å². The number of benzene rings is 1. The van der Waals surface area contributed by atoms with Crippen molar-refractivity contribution in [2.75, 3.05) is 7.11 Å². The van der Waals surface area contributed by atoms with Crippen LogP contribution < -0.4 is 0 Å². The molecule has 0 aromatic heterocycles. The van der Waals surface area contributed by atoms with Gasteiger partial charge in [0.15, 0.2) is 0 Å². The van der Waals surface area contributed by atoms with Gasteiger partial charge in [-0.05, 0) is 50.7 Å². The first-order valence-corrected chi connectivity index (χ1v) is 7.82. The van der Waals surface area contributed by atoms with Gasteiger partial charge in [-0.1, -0.05) is 18.2 Å². The van der Waals surface area contributed by atoms with Crippen LogP contribution in [0, 0.1) is 5.41 Å². The highest BCUT2D eigenvalue weighted by atomic mass is 32.2. The molecule has 0 unspecified atom stereocenters. The standard InChI is InChI=1S/C16H20O2S/c1-18-14(17)15-7-10-16(11-8-15,12-9-15)19-13-5-3-2-4-6-13/h2-6H,7-12H2,1H3. The summed E-state index contributed by atoms with van der Waals surface area (Å²) in [7, 11) is 1.52. The summed E-state index contributed by atoms with van der Waals surface area (Å²) < 4.78 is 5.37. The van der Waals surface area contributed by atoms with Crippen LogP contribution in [0.1, 0.15) is 38.5 Å². The third-order valence-electron chi connectivity index (χ3n) is 4.87. The van der Waals surface area contributed by atoms with E-state index in [-0.39, 0.29) is 11.4 Å². The highest BCUT2D eigenvalue weighted by molar-refractivity contribution is 8.00. The lowest BCUT2D eigenvalue weighted by Crippen LogP contribution is -2.48. The minimum Gasteiger partial charge on any atom is -0.469 e. The molecular weight excluding hydrogens is 256 g/mol. The van der Waals surface area contributed by atoms with Crippen molar-refractivity contribution in [3.63, 3.8) is 0 Å². The lowest BCUT2D eigenvalue weighted by molar-refractivity contribution is -0.158. The Morgan fingerprint density at radius 1 is 1.05 bits per heavy atom. The molecule has 0 N–H and O–H groups in total. The van der Waals surface area contributed by atoms with Crippen molar-refractivity contribution in [1.29, 1.82) is 0 Å². The zero-order chi connectivity index (χ0) is 13.3. The highest BCUT2D eigenvalue weighted by Crippen LogP contribution is 2.59. The molecule has 0 aliphatic heterocycles. The number of carbonyl (C=O) groups excluding carboxylic acids is 1. The van der Waals surface area contributed by atoms with Crippen molar-refractivity contribution in [2.24, 2.45) is 5.41 Å². The maximum Gasteiger partial charge on any atom is 0.311 e. The first kappa shape index (κ1) is 13.0. The number of ether oxygens (including phenoxy) is 1. The first-order chi connectivity index (χ1) is 9.18. The Bertz CT molecular complexity index is 444. The summed E-state index contributed by atoms with van der Waals surface area (Å²) in [5.41, 5.74) is -0.159. The molecule has 3 heteroatoms. The Balaban J connectivity index is 1.73. The van der Waals surface area contributed by atoms with Gasteiger partial charge in [-0.15, -0.1) is 11.8 Å². The van der Waals surface area contributed by atoms with Crippen LogP contribution in [0.15, 0.2) is 35.2 Å². The number of fused-ring (bicyclic) bond motifs is 3. The molecule has 2 nitrogen and oxygen atoms in total. The molecule has 19 heavy (non-hydrogen) atoms. The number of hydrogen-bond donors (Lipinski definition) is 0. The summed E-state index contributed by atoms with van der Waals surface area (Å²) in [6, 6.07) is 10.6. The summed E-state index contributed by atoms with van der Waals surface area (Å²) in [4.78, 5) is 13.3. The van der Waals surface area contributed by atoms with Crippen LogP contribution in [0.25, 0.3) is 0 Å². The van der Waals surface area contributed by atoms with Crippen LogP contribution in [-0.2, 0) is 9.53 Å². The zero-order valence-electron chi connectivity index (χ0n) is 11.4. The van der Waals surface area contributed by atoms with Crippen molar-refractivity contribution < 1.29 is 9.53 Å². The zero-order valence-corrected chi connectivity index (χ0v) is 12.2. The molecule has 4 rings (SSSR count). The van der Waals surface area contributed by atoms with E-state index < -0.39 is 0 Å². The van der Waals surface area contributed by atoms with Gasteiger partial charge in [0.05, 0.1) is 12.5 Å². The molecule has 1 aromatic carbocycles. The normalized spacial score (nSPS) is 33.1. The van der Waals surface area contributed by atoms with E-state index in [0.717, 1.165) is 38.5 Å². The second-order valence-corrected chi connectivity index (χ2v) is 7.41. The van der Waals surface area contributed by atoms with E-state index in [4.69, 9.17) is 4.74 Å². The van der Waals surface area contributed by atoms with Crippen LogP contribution >= 0.6 is 11.8 Å². The van der Waals surface area contributed by atoms with Crippen LogP contribution in [0.4, 0.5) is 0 Å². The molecule has 3 saturated carbocycles. The summed E-state index contributed by atoms with van der Waals surface area (Å²) in [5.74, 6) is 0.0190. The molecule has 0 radical (unpaired) electrons. The molecule has 0 heterocycles. The predicted octanol–water partition coefficient (Wildman–Crippen LogP) is 4.04. The van der Waals surface area contributed by atoms with E-state index in [9.17, 15) is 4.79 Å². The second-order valence-electron chi connectivity index (χ2n) is 5.87. The van der Waals surface area contributed by atoms with Gasteiger partial charge in [0.25, 0.3) is 0 Å². The largest absolute Gasteiger partial charge is 0.469 e. The molecule has 3 aliphatic carbocycles. The maximum absolute atomic E-state index is 12.0. The lowest BCUT2D eigenvalue weighted by atomic mass is 9.60. The highest BCUT2D eigenvalue weighted by Gasteiger charge is 2.53. The van der Waals surface area contributed by atoms with Gasteiger partial charge in [-0.3, -0.25) is 4.79 Å². The fraction of sp³-hybridized carbons (Fsp3) is 0.562. The Hall–Kier alpha value is -0.960. The topological polar surface area (TPSA) is 26.3 Å². The number of methoxy groups -OCH3 is 1. The smallest absolute Gasteiger partial charge is 0.311 e. The van der Waals surface area contributed by atoms with Crippen molar-refractivity contribution in [2.45, 2.75) is 48.2 Å². The molecule has 1 aromatic rings. The van der Waals surface area contributed by atoms with E-state index in [1.54, 1.807) is 0 Å². The molecule has 0 amide bonds. The van der Waals surface area contributed by atoms with Gasteiger partial charge in [-0.25, -0.2) is 0 Å². The molecule has 0 atom stereocenters. The minimum atomic E-state index is -0.159. The van der Waals surface area contributed by atoms with E-state index >= 15 is 0 Å². The van der Waals surface area contributed by atoms with Gasteiger partial charge in [0, 0.05) is 9.64 Å². The quantitative estimate of drug-likeness (QED) is 0.779. The summed E-state index contributed by atoms with van der Waals surface area (Å²) >= 11 is 2.02. The second kappa shape index (κ2) is 4.86. The van der Waals surface area contributed by atoms with E-state index in [1.165, 1.54) is 12.0 Å². The fourth-order valence-electron chi connectivity index (χ4n) is 3.57. The van der Waals surface area contributed by atoms with Gasteiger partial charge >= 0.3 is 5.97 Å². The van der Waals surface area contributed by atoms with Gasteiger partial charge in [-0.2, -0.15) is 0 Å². The molecule has 2 bridgehead atoms. The number of hydrogen-bond acceptors (Lipinski definition) is 3. The molecule has 0 spiro atoms.